The van der Waals surface area contributed by atoms with Gasteiger partial charge >= 0.3 is 10.1 Å². The average molecular weight is 368 g/mol. The van der Waals surface area contributed by atoms with E-state index in [1.807, 2.05) is 11.0 Å². The maximum atomic E-state index is 13.0. The lowest BCUT2D eigenvalue weighted by Crippen LogP contribution is -2.42. The maximum Gasteiger partial charge on any atom is 0.306 e. The van der Waals surface area contributed by atoms with E-state index in [2.05, 4.69) is 13.8 Å². The van der Waals surface area contributed by atoms with Gasteiger partial charge in [-0.15, -0.1) is 0 Å². The molecular formula is C19H29NO4S. The molecule has 1 aromatic rings. The Bertz CT molecular complexity index is 680. The van der Waals surface area contributed by atoms with Gasteiger partial charge in [-0.1, -0.05) is 38.3 Å². The lowest BCUT2D eigenvalue weighted by atomic mass is 9.87. The molecule has 1 aromatic carbocycles. The molecule has 2 rings (SSSR count). The Morgan fingerprint density at radius 1 is 1.28 bits per heavy atom. The number of rotatable bonds is 7. The topological polar surface area (TPSA) is 63.7 Å². The number of carbonyl (C=O) groups is 1. The van der Waals surface area contributed by atoms with Gasteiger partial charge in [0.25, 0.3) is 0 Å². The molecule has 1 fully saturated rings. The van der Waals surface area contributed by atoms with Crippen LogP contribution in [-0.4, -0.2) is 31.5 Å². The summed E-state index contributed by atoms with van der Waals surface area (Å²) in [5.41, 5.74) is 0.880. The smallest absolute Gasteiger partial charge is 0.306 e. The third-order valence-electron chi connectivity index (χ3n) is 4.86. The summed E-state index contributed by atoms with van der Waals surface area (Å²) in [4.78, 5) is 15.0. The number of amides is 1. The standard InChI is InChI=1S/C19H29NO4S/c1-4-15(2)20(19(21)17-10-6-5-7-11-17)14-16-9-8-12-18(13-16)24-25(3,22)23/h8-9,12-13,15,17H,4-7,10-11,14H2,1-3H3/t15-/m0/s1. The summed E-state index contributed by atoms with van der Waals surface area (Å²) < 4.78 is 27.6. The molecule has 1 aliphatic carbocycles. The Labute approximate surface area is 151 Å². The fourth-order valence-corrected chi connectivity index (χ4v) is 3.78. The molecule has 0 saturated heterocycles. The SMILES string of the molecule is CC[C@H](C)N(Cc1cccc(OS(C)(=O)=O)c1)C(=O)C1CCCCC1. The first-order valence-corrected chi connectivity index (χ1v) is 10.9. The summed E-state index contributed by atoms with van der Waals surface area (Å²) in [6, 6.07) is 7.12. The molecule has 0 aliphatic heterocycles. The van der Waals surface area contributed by atoms with E-state index in [1.54, 1.807) is 18.2 Å². The zero-order chi connectivity index (χ0) is 18.4. The lowest BCUT2D eigenvalue weighted by molar-refractivity contribution is -0.139. The Morgan fingerprint density at radius 2 is 1.96 bits per heavy atom. The molecule has 25 heavy (non-hydrogen) atoms. The minimum absolute atomic E-state index is 0.123. The van der Waals surface area contributed by atoms with Crippen molar-refractivity contribution in [1.29, 1.82) is 0 Å². The third-order valence-corrected chi connectivity index (χ3v) is 5.35. The molecule has 140 valence electrons. The van der Waals surface area contributed by atoms with Gasteiger partial charge < -0.3 is 9.08 Å². The monoisotopic (exact) mass is 367 g/mol. The third kappa shape index (κ3) is 6.03. The van der Waals surface area contributed by atoms with Gasteiger partial charge in [0.2, 0.25) is 5.91 Å². The van der Waals surface area contributed by atoms with Crippen molar-refractivity contribution < 1.29 is 17.4 Å². The van der Waals surface area contributed by atoms with Gasteiger partial charge in [-0.25, -0.2) is 0 Å². The highest BCUT2D eigenvalue weighted by atomic mass is 32.2. The van der Waals surface area contributed by atoms with Crippen molar-refractivity contribution in [3.05, 3.63) is 29.8 Å². The van der Waals surface area contributed by atoms with Crippen molar-refractivity contribution in [1.82, 2.24) is 4.90 Å². The van der Waals surface area contributed by atoms with Crippen LogP contribution in [0.5, 0.6) is 5.75 Å². The van der Waals surface area contributed by atoms with E-state index in [1.165, 1.54) is 6.42 Å². The highest BCUT2D eigenvalue weighted by Crippen LogP contribution is 2.27. The van der Waals surface area contributed by atoms with Crippen LogP contribution >= 0.6 is 0 Å². The maximum absolute atomic E-state index is 13.0. The van der Waals surface area contributed by atoms with Gasteiger partial charge in [-0.05, 0) is 43.9 Å². The van der Waals surface area contributed by atoms with Crippen molar-refractivity contribution in [2.75, 3.05) is 6.26 Å². The number of nitrogens with zero attached hydrogens (tertiary/aromatic N) is 1. The van der Waals surface area contributed by atoms with E-state index in [0.29, 0.717) is 6.54 Å². The van der Waals surface area contributed by atoms with Crippen LogP contribution < -0.4 is 4.18 Å². The predicted octanol–water partition coefficient (Wildman–Crippen LogP) is 3.73. The summed E-state index contributed by atoms with van der Waals surface area (Å²) in [7, 11) is -3.56. The molecule has 1 amide bonds. The number of carbonyl (C=O) groups excluding carboxylic acids is 1. The van der Waals surface area contributed by atoms with Gasteiger partial charge in [0.05, 0.1) is 6.26 Å². The molecule has 1 aliphatic rings. The first-order chi connectivity index (χ1) is 11.8. The molecule has 5 nitrogen and oxygen atoms in total. The van der Waals surface area contributed by atoms with E-state index in [4.69, 9.17) is 4.18 Å². The summed E-state index contributed by atoms with van der Waals surface area (Å²) in [5, 5.41) is 0. The van der Waals surface area contributed by atoms with Crippen LogP contribution in [0.25, 0.3) is 0 Å². The number of benzene rings is 1. The summed E-state index contributed by atoms with van der Waals surface area (Å²) in [5.74, 6) is 0.635. The van der Waals surface area contributed by atoms with Crippen molar-refractivity contribution in [3.63, 3.8) is 0 Å². The van der Waals surface area contributed by atoms with Gasteiger partial charge in [0.1, 0.15) is 5.75 Å². The molecule has 0 aromatic heterocycles. The highest BCUT2D eigenvalue weighted by Gasteiger charge is 2.28. The van der Waals surface area contributed by atoms with E-state index in [-0.39, 0.29) is 23.6 Å². The average Bonchev–Trinajstić information content (AvgIpc) is 2.58. The second-order valence-electron chi connectivity index (χ2n) is 6.99. The molecule has 0 unspecified atom stereocenters. The summed E-state index contributed by atoms with van der Waals surface area (Å²) in [6.45, 7) is 4.62. The van der Waals surface area contributed by atoms with Crippen molar-refractivity contribution >= 4 is 16.0 Å². The molecule has 1 atom stereocenters. The Hall–Kier alpha value is -1.56. The zero-order valence-electron chi connectivity index (χ0n) is 15.4. The Balaban J connectivity index is 2.16. The van der Waals surface area contributed by atoms with Crippen LogP contribution in [0, 0.1) is 5.92 Å². The van der Waals surface area contributed by atoms with Gasteiger partial charge in [-0.3, -0.25) is 4.79 Å². The van der Waals surface area contributed by atoms with E-state index in [9.17, 15) is 13.2 Å². The fraction of sp³-hybridized carbons (Fsp3) is 0.632. The molecule has 0 N–H and O–H groups in total. The van der Waals surface area contributed by atoms with Crippen LogP contribution in [0.15, 0.2) is 24.3 Å². The highest BCUT2D eigenvalue weighted by molar-refractivity contribution is 7.86. The Kier molecular flexibility index (Phi) is 6.87. The largest absolute Gasteiger partial charge is 0.383 e. The molecule has 0 bridgehead atoms. The molecule has 0 spiro atoms. The lowest BCUT2D eigenvalue weighted by Gasteiger charge is -2.33. The quantitative estimate of drug-likeness (QED) is 0.689. The zero-order valence-corrected chi connectivity index (χ0v) is 16.2. The van der Waals surface area contributed by atoms with Crippen molar-refractivity contribution in [3.8, 4) is 5.75 Å². The summed E-state index contributed by atoms with van der Waals surface area (Å²) >= 11 is 0. The second kappa shape index (κ2) is 8.70. The van der Waals surface area contributed by atoms with Crippen molar-refractivity contribution in [2.45, 2.75) is 65.0 Å². The van der Waals surface area contributed by atoms with E-state index >= 15 is 0 Å². The fourth-order valence-electron chi connectivity index (χ4n) is 3.32. The minimum atomic E-state index is -3.56. The van der Waals surface area contributed by atoms with Gasteiger partial charge in [-0.2, -0.15) is 8.42 Å². The first kappa shape index (κ1) is 19.8. The summed E-state index contributed by atoms with van der Waals surface area (Å²) in [6.07, 6.45) is 7.34. The molecule has 1 saturated carbocycles. The van der Waals surface area contributed by atoms with E-state index in [0.717, 1.165) is 43.9 Å². The number of hydrogen-bond donors (Lipinski definition) is 0. The van der Waals surface area contributed by atoms with Crippen LogP contribution in [0.2, 0.25) is 0 Å². The van der Waals surface area contributed by atoms with Crippen molar-refractivity contribution in [2.24, 2.45) is 5.92 Å². The number of hydrogen-bond acceptors (Lipinski definition) is 4. The van der Waals surface area contributed by atoms with Crippen LogP contribution in [0.3, 0.4) is 0 Å². The first-order valence-electron chi connectivity index (χ1n) is 9.09. The van der Waals surface area contributed by atoms with Crippen LogP contribution in [-0.2, 0) is 21.5 Å². The molecule has 6 heteroatoms. The molecule has 0 radical (unpaired) electrons. The molecule has 0 heterocycles. The Morgan fingerprint density at radius 3 is 2.56 bits per heavy atom. The normalized spacial score (nSPS) is 17.1. The van der Waals surface area contributed by atoms with Gasteiger partial charge in [0.15, 0.2) is 0 Å². The van der Waals surface area contributed by atoms with Gasteiger partial charge in [0, 0.05) is 18.5 Å². The minimum Gasteiger partial charge on any atom is -0.383 e. The van der Waals surface area contributed by atoms with Crippen LogP contribution in [0.4, 0.5) is 0 Å². The van der Waals surface area contributed by atoms with Crippen LogP contribution in [0.1, 0.15) is 57.9 Å². The predicted molar refractivity (Wildman–Crippen MR) is 98.8 cm³/mol. The molecular weight excluding hydrogens is 338 g/mol. The second-order valence-corrected chi connectivity index (χ2v) is 8.57. The van der Waals surface area contributed by atoms with E-state index < -0.39 is 10.1 Å².